The second-order valence-electron chi connectivity index (χ2n) is 3.91. The number of hydrogen-bond donors (Lipinski definition) is 1. The summed E-state index contributed by atoms with van der Waals surface area (Å²) in [6, 6.07) is 0.143. The van der Waals surface area contributed by atoms with E-state index in [9.17, 15) is 8.78 Å². The van der Waals surface area contributed by atoms with Crippen molar-refractivity contribution in [1.29, 1.82) is 0 Å². The fraction of sp³-hybridized carbons (Fsp3) is 1.00. The van der Waals surface area contributed by atoms with Crippen molar-refractivity contribution in [2.75, 3.05) is 27.2 Å². The zero-order valence-corrected chi connectivity index (χ0v) is 8.85. The summed E-state index contributed by atoms with van der Waals surface area (Å²) in [4.78, 5) is 2.00. The van der Waals surface area contributed by atoms with Gasteiger partial charge in [0.25, 0.3) is 6.43 Å². The van der Waals surface area contributed by atoms with Gasteiger partial charge in [0, 0.05) is 12.6 Å². The molecule has 0 bridgehead atoms. The first-order valence-corrected chi connectivity index (χ1v) is 4.59. The molecular formula is C9H20F2N2. The van der Waals surface area contributed by atoms with Gasteiger partial charge in [0.15, 0.2) is 0 Å². The minimum atomic E-state index is -2.26. The van der Waals surface area contributed by atoms with Crippen molar-refractivity contribution >= 4 is 0 Å². The third kappa shape index (κ3) is 6.90. The Morgan fingerprint density at radius 3 is 2.08 bits per heavy atom. The molecule has 1 atom stereocenters. The summed E-state index contributed by atoms with van der Waals surface area (Å²) in [6.45, 7) is 4.65. The summed E-state index contributed by atoms with van der Waals surface area (Å²) < 4.78 is 23.8. The molecule has 0 aromatic heterocycles. The third-order valence-corrected chi connectivity index (χ3v) is 1.90. The molecule has 0 fully saturated rings. The first kappa shape index (κ1) is 12.8. The van der Waals surface area contributed by atoms with E-state index >= 15 is 0 Å². The highest BCUT2D eigenvalue weighted by Crippen LogP contribution is 2.03. The van der Waals surface area contributed by atoms with Crippen LogP contribution < -0.4 is 5.32 Å². The van der Waals surface area contributed by atoms with E-state index in [1.165, 1.54) is 0 Å². The maximum atomic E-state index is 11.9. The molecule has 13 heavy (non-hydrogen) atoms. The summed E-state index contributed by atoms with van der Waals surface area (Å²) in [7, 11) is 3.89. The molecule has 0 aliphatic heterocycles. The normalized spacial score (nSPS) is 14.5. The summed E-state index contributed by atoms with van der Waals surface area (Å²) in [5.41, 5.74) is 0. The maximum absolute atomic E-state index is 11.9. The lowest BCUT2D eigenvalue weighted by atomic mass is 10.0. The Bertz CT molecular complexity index is 127. The van der Waals surface area contributed by atoms with Gasteiger partial charge in [-0.1, -0.05) is 13.8 Å². The summed E-state index contributed by atoms with van der Waals surface area (Å²) >= 11 is 0. The first-order chi connectivity index (χ1) is 5.93. The zero-order valence-electron chi connectivity index (χ0n) is 8.85. The van der Waals surface area contributed by atoms with Crippen molar-refractivity contribution in [3.8, 4) is 0 Å². The Labute approximate surface area is 79.3 Å². The molecule has 0 aliphatic carbocycles. The number of rotatable bonds is 6. The molecular weight excluding hydrogens is 174 g/mol. The molecule has 0 spiro atoms. The predicted octanol–water partition coefficient (Wildman–Crippen LogP) is 1.43. The molecule has 0 heterocycles. The molecule has 0 saturated carbocycles. The largest absolute Gasteiger partial charge is 0.308 e. The lowest BCUT2D eigenvalue weighted by Gasteiger charge is -2.25. The summed E-state index contributed by atoms with van der Waals surface area (Å²) in [5, 5.41) is 2.86. The Balaban J connectivity index is 3.81. The van der Waals surface area contributed by atoms with Gasteiger partial charge in [-0.3, -0.25) is 0 Å². The molecule has 0 aromatic rings. The van der Waals surface area contributed by atoms with E-state index < -0.39 is 6.43 Å². The van der Waals surface area contributed by atoms with Gasteiger partial charge in [-0.05, 0) is 20.0 Å². The minimum absolute atomic E-state index is 0.143. The van der Waals surface area contributed by atoms with Crippen molar-refractivity contribution in [3.63, 3.8) is 0 Å². The third-order valence-electron chi connectivity index (χ3n) is 1.90. The zero-order chi connectivity index (χ0) is 10.4. The van der Waals surface area contributed by atoms with Crippen LogP contribution in [0.4, 0.5) is 8.78 Å². The van der Waals surface area contributed by atoms with Crippen LogP contribution in [0.15, 0.2) is 0 Å². The quantitative estimate of drug-likeness (QED) is 0.688. The predicted molar refractivity (Wildman–Crippen MR) is 51.2 cm³/mol. The van der Waals surface area contributed by atoms with E-state index in [0.717, 1.165) is 6.54 Å². The molecule has 0 amide bonds. The van der Waals surface area contributed by atoms with Crippen LogP contribution in [-0.2, 0) is 0 Å². The Morgan fingerprint density at radius 2 is 1.77 bits per heavy atom. The van der Waals surface area contributed by atoms with Crippen molar-refractivity contribution in [1.82, 2.24) is 10.2 Å². The van der Waals surface area contributed by atoms with E-state index in [1.54, 1.807) is 0 Å². The van der Waals surface area contributed by atoms with Crippen molar-refractivity contribution in [2.24, 2.45) is 5.92 Å². The molecule has 2 nitrogen and oxygen atoms in total. The number of nitrogens with zero attached hydrogens (tertiary/aromatic N) is 1. The van der Waals surface area contributed by atoms with Crippen LogP contribution in [0.1, 0.15) is 13.8 Å². The molecule has 0 radical (unpaired) electrons. The summed E-state index contributed by atoms with van der Waals surface area (Å²) in [6.07, 6.45) is -2.26. The SMILES string of the molecule is CC(C)C(CN(C)C)NCC(F)F. The number of nitrogens with one attached hydrogen (secondary N) is 1. The van der Waals surface area contributed by atoms with Crippen LogP contribution in [0.5, 0.6) is 0 Å². The number of alkyl halides is 2. The molecule has 1 unspecified atom stereocenters. The van der Waals surface area contributed by atoms with Gasteiger partial charge in [0.2, 0.25) is 0 Å². The molecule has 0 aliphatic rings. The van der Waals surface area contributed by atoms with E-state index in [-0.39, 0.29) is 12.6 Å². The van der Waals surface area contributed by atoms with E-state index in [1.807, 2.05) is 32.8 Å². The van der Waals surface area contributed by atoms with Crippen LogP contribution in [-0.4, -0.2) is 44.6 Å². The lowest BCUT2D eigenvalue weighted by Crippen LogP contribution is -2.43. The monoisotopic (exact) mass is 194 g/mol. The standard InChI is InChI=1S/C9H20F2N2/c1-7(2)8(6-13(3)4)12-5-9(10)11/h7-9,12H,5-6H2,1-4H3. The number of hydrogen-bond acceptors (Lipinski definition) is 2. The Morgan fingerprint density at radius 1 is 1.23 bits per heavy atom. The lowest BCUT2D eigenvalue weighted by molar-refractivity contribution is 0.134. The van der Waals surface area contributed by atoms with Gasteiger partial charge < -0.3 is 10.2 Å². The minimum Gasteiger partial charge on any atom is -0.308 e. The number of likely N-dealkylation sites (N-methyl/N-ethyl adjacent to an activating group) is 1. The fourth-order valence-corrected chi connectivity index (χ4v) is 1.14. The fourth-order valence-electron chi connectivity index (χ4n) is 1.14. The molecule has 80 valence electrons. The average Bonchev–Trinajstić information content (AvgIpc) is 1.96. The average molecular weight is 194 g/mol. The van der Waals surface area contributed by atoms with E-state index in [4.69, 9.17) is 0 Å². The number of halogens is 2. The Hall–Kier alpha value is -0.220. The molecule has 4 heteroatoms. The van der Waals surface area contributed by atoms with Crippen LogP contribution in [0.3, 0.4) is 0 Å². The highest BCUT2D eigenvalue weighted by Gasteiger charge is 2.15. The van der Waals surface area contributed by atoms with Crippen molar-refractivity contribution < 1.29 is 8.78 Å². The second-order valence-corrected chi connectivity index (χ2v) is 3.91. The second kappa shape index (κ2) is 6.27. The molecule has 0 saturated heterocycles. The smallest absolute Gasteiger partial charge is 0.250 e. The van der Waals surface area contributed by atoms with Gasteiger partial charge >= 0.3 is 0 Å². The highest BCUT2D eigenvalue weighted by molar-refractivity contribution is 4.73. The first-order valence-electron chi connectivity index (χ1n) is 4.59. The van der Waals surface area contributed by atoms with E-state index in [2.05, 4.69) is 5.32 Å². The van der Waals surface area contributed by atoms with Crippen molar-refractivity contribution in [2.45, 2.75) is 26.3 Å². The summed E-state index contributed by atoms with van der Waals surface area (Å²) in [5.74, 6) is 0.376. The Kier molecular flexibility index (Phi) is 6.16. The van der Waals surface area contributed by atoms with Crippen LogP contribution >= 0.6 is 0 Å². The van der Waals surface area contributed by atoms with E-state index in [0.29, 0.717) is 5.92 Å². The highest BCUT2D eigenvalue weighted by atomic mass is 19.3. The molecule has 1 N–H and O–H groups in total. The van der Waals surface area contributed by atoms with Crippen LogP contribution in [0.2, 0.25) is 0 Å². The van der Waals surface area contributed by atoms with Crippen molar-refractivity contribution in [3.05, 3.63) is 0 Å². The van der Waals surface area contributed by atoms with Crippen LogP contribution in [0.25, 0.3) is 0 Å². The van der Waals surface area contributed by atoms with Gasteiger partial charge in [-0.25, -0.2) is 8.78 Å². The topological polar surface area (TPSA) is 15.3 Å². The van der Waals surface area contributed by atoms with Gasteiger partial charge in [-0.2, -0.15) is 0 Å². The van der Waals surface area contributed by atoms with Gasteiger partial charge in [0.05, 0.1) is 6.54 Å². The molecule has 0 aromatic carbocycles. The van der Waals surface area contributed by atoms with Gasteiger partial charge in [0.1, 0.15) is 0 Å². The maximum Gasteiger partial charge on any atom is 0.250 e. The molecule has 0 rings (SSSR count). The van der Waals surface area contributed by atoms with Crippen LogP contribution in [0, 0.1) is 5.92 Å². The van der Waals surface area contributed by atoms with Gasteiger partial charge in [-0.15, -0.1) is 0 Å².